The molecule has 0 fully saturated rings. The lowest BCUT2D eigenvalue weighted by Crippen LogP contribution is -2.17. The van der Waals surface area contributed by atoms with Gasteiger partial charge >= 0.3 is 0 Å². The first-order valence-corrected chi connectivity index (χ1v) is 8.31. The van der Waals surface area contributed by atoms with Gasteiger partial charge in [-0.25, -0.2) is 0 Å². The third-order valence-corrected chi connectivity index (χ3v) is 4.38. The minimum atomic E-state index is -0.0319. The molecule has 2 N–H and O–H groups in total. The van der Waals surface area contributed by atoms with Gasteiger partial charge in [-0.15, -0.1) is 0 Å². The Morgan fingerprint density at radius 2 is 1.33 bits per heavy atom. The normalized spacial score (nSPS) is 13.2. The zero-order chi connectivity index (χ0) is 16.8. The van der Waals surface area contributed by atoms with Gasteiger partial charge in [-0.05, 0) is 28.8 Å². The highest BCUT2D eigenvalue weighted by Gasteiger charge is 2.16. The maximum Gasteiger partial charge on any atom is 0.119 e. The molecule has 24 heavy (non-hydrogen) atoms. The summed E-state index contributed by atoms with van der Waals surface area (Å²) in [4.78, 5) is 0. The van der Waals surface area contributed by atoms with E-state index >= 15 is 0 Å². The molecule has 0 saturated carbocycles. The standard InChI is InChI=1S/C22H23NO/c1-17(19-10-6-3-7-11-19)22(23)20-12-14-21(15-13-20)24-16-18-8-4-2-5-9-18/h2-15,17,22H,16,23H2,1H3. The van der Waals surface area contributed by atoms with Crippen LogP contribution in [0.5, 0.6) is 5.75 Å². The van der Waals surface area contributed by atoms with Crippen LogP contribution in [0.15, 0.2) is 84.9 Å². The molecule has 0 aliphatic rings. The fraction of sp³-hybridized carbons (Fsp3) is 0.182. The van der Waals surface area contributed by atoms with Gasteiger partial charge in [-0.1, -0.05) is 79.7 Å². The number of rotatable bonds is 6. The average molecular weight is 317 g/mol. The van der Waals surface area contributed by atoms with Gasteiger partial charge in [0.2, 0.25) is 0 Å². The van der Waals surface area contributed by atoms with Crippen LogP contribution in [0.25, 0.3) is 0 Å². The number of hydrogen-bond donors (Lipinski definition) is 1. The van der Waals surface area contributed by atoms with Crippen molar-refractivity contribution in [2.45, 2.75) is 25.5 Å². The van der Waals surface area contributed by atoms with Crippen molar-refractivity contribution in [2.75, 3.05) is 0 Å². The molecule has 2 unspecified atom stereocenters. The number of ether oxygens (including phenoxy) is 1. The third kappa shape index (κ3) is 4.03. The Hall–Kier alpha value is -2.58. The van der Waals surface area contributed by atoms with Gasteiger partial charge in [0.15, 0.2) is 0 Å². The van der Waals surface area contributed by atoms with E-state index in [1.807, 2.05) is 36.4 Å². The highest BCUT2D eigenvalue weighted by atomic mass is 16.5. The molecule has 0 aliphatic heterocycles. The first-order valence-electron chi connectivity index (χ1n) is 8.31. The van der Waals surface area contributed by atoms with E-state index in [1.165, 1.54) is 5.56 Å². The molecule has 0 aromatic heterocycles. The van der Waals surface area contributed by atoms with Gasteiger partial charge in [-0.3, -0.25) is 0 Å². The fourth-order valence-corrected chi connectivity index (χ4v) is 2.78. The molecule has 0 bridgehead atoms. The molecule has 0 aliphatic carbocycles. The molecule has 3 aromatic rings. The number of hydrogen-bond acceptors (Lipinski definition) is 2. The van der Waals surface area contributed by atoms with Crippen molar-refractivity contribution in [1.82, 2.24) is 0 Å². The molecule has 0 heterocycles. The van der Waals surface area contributed by atoms with Gasteiger partial charge in [0, 0.05) is 12.0 Å². The second-order valence-electron chi connectivity index (χ2n) is 6.07. The average Bonchev–Trinajstić information content (AvgIpc) is 2.67. The van der Waals surface area contributed by atoms with E-state index in [1.54, 1.807) is 0 Å². The molecule has 3 rings (SSSR count). The lowest BCUT2D eigenvalue weighted by Gasteiger charge is -2.21. The summed E-state index contributed by atoms with van der Waals surface area (Å²) in [5.74, 6) is 1.13. The van der Waals surface area contributed by atoms with E-state index in [-0.39, 0.29) is 12.0 Å². The molecule has 0 radical (unpaired) electrons. The van der Waals surface area contributed by atoms with Gasteiger partial charge in [0.25, 0.3) is 0 Å². The van der Waals surface area contributed by atoms with Crippen molar-refractivity contribution in [3.05, 3.63) is 102 Å². The minimum absolute atomic E-state index is 0.0319. The van der Waals surface area contributed by atoms with Gasteiger partial charge in [0.1, 0.15) is 12.4 Å². The van der Waals surface area contributed by atoms with Crippen LogP contribution < -0.4 is 10.5 Å². The lowest BCUT2D eigenvalue weighted by molar-refractivity contribution is 0.306. The van der Waals surface area contributed by atoms with E-state index in [0.29, 0.717) is 6.61 Å². The fourth-order valence-electron chi connectivity index (χ4n) is 2.78. The molecule has 0 amide bonds. The molecular weight excluding hydrogens is 294 g/mol. The third-order valence-electron chi connectivity index (χ3n) is 4.38. The van der Waals surface area contributed by atoms with Crippen LogP contribution in [0.4, 0.5) is 0 Å². The number of nitrogens with two attached hydrogens (primary N) is 1. The van der Waals surface area contributed by atoms with Crippen molar-refractivity contribution < 1.29 is 4.74 Å². The molecule has 2 heteroatoms. The maximum absolute atomic E-state index is 6.44. The van der Waals surface area contributed by atoms with Crippen LogP contribution in [-0.2, 0) is 6.61 Å². The van der Waals surface area contributed by atoms with Crippen molar-refractivity contribution in [3.8, 4) is 5.75 Å². The van der Waals surface area contributed by atoms with Gasteiger partial charge in [0.05, 0.1) is 0 Å². The first kappa shape index (κ1) is 16.3. The van der Waals surface area contributed by atoms with Crippen LogP contribution in [0.3, 0.4) is 0 Å². The molecule has 2 nitrogen and oxygen atoms in total. The highest BCUT2D eigenvalue weighted by molar-refractivity contribution is 5.32. The predicted octanol–water partition coefficient (Wildman–Crippen LogP) is 5.07. The molecule has 0 spiro atoms. The van der Waals surface area contributed by atoms with Crippen molar-refractivity contribution in [1.29, 1.82) is 0 Å². The minimum Gasteiger partial charge on any atom is -0.489 e. The van der Waals surface area contributed by atoms with Crippen LogP contribution >= 0.6 is 0 Å². The van der Waals surface area contributed by atoms with E-state index in [0.717, 1.165) is 16.9 Å². The summed E-state index contributed by atoms with van der Waals surface area (Å²) in [6, 6.07) is 28.6. The summed E-state index contributed by atoms with van der Waals surface area (Å²) in [6.45, 7) is 2.74. The van der Waals surface area contributed by atoms with Crippen LogP contribution in [0.1, 0.15) is 35.6 Å². The maximum atomic E-state index is 6.44. The zero-order valence-corrected chi connectivity index (χ0v) is 13.9. The van der Waals surface area contributed by atoms with Gasteiger partial charge in [-0.2, -0.15) is 0 Å². The lowest BCUT2D eigenvalue weighted by atomic mass is 9.89. The molecule has 0 saturated heterocycles. The monoisotopic (exact) mass is 317 g/mol. The molecule has 2 atom stereocenters. The summed E-state index contributed by atoms with van der Waals surface area (Å²) in [5, 5.41) is 0. The second-order valence-corrected chi connectivity index (χ2v) is 6.07. The van der Waals surface area contributed by atoms with Crippen molar-refractivity contribution in [3.63, 3.8) is 0 Å². The second kappa shape index (κ2) is 7.80. The summed E-state index contributed by atoms with van der Waals surface area (Å²) in [7, 11) is 0. The Kier molecular flexibility index (Phi) is 5.29. The summed E-state index contributed by atoms with van der Waals surface area (Å²) in [5.41, 5.74) is 9.99. The summed E-state index contributed by atoms with van der Waals surface area (Å²) < 4.78 is 5.83. The quantitative estimate of drug-likeness (QED) is 0.689. The molecule has 3 aromatic carbocycles. The topological polar surface area (TPSA) is 35.2 Å². The van der Waals surface area contributed by atoms with Crippen LogP contribution in [0, 0.1) is 0 Å². The molecular formula is C22H23NO. The predicted molar refractivity (Wildman–Crippen MR) is 99.0 cm³/mol. The smallest absolute Gasteiger partial charge is 0.119 e. The number of benzene rings is 3. The van der Waals surface area contributed by atoms with Crippen LogP contribution in [0.2, 0.25) is 0 Å². The van der Waals surface area contributed by atoms with E-state index < -0.39 is 0 Å². The molecule has 122 valence electrons. The zero-order valence-electron chi connectivity index (χ0n) is 13.9. The summed E-state index contributed by atoms with van der Waals surface area (Å²) in [6.07, 6.45) is 0. The van der Waals surface area contributed by atoms with E-state index in [9.17, 15) is 0 Å². The van der Waals surface area contributed by atoms with E-state index in [4.69, 9.17) is 10.5 Å². The summed E-state index contributed by atoms with van der Waals surface area (Å²) >= 11 is 0. The first-order chi connectivity index (χ1) is 11.7. The van der Waals surface area contributed by atoms with Gasteiger partial charge < -0.3 is 10.5 Å². The van der Waals surface area contributed by atoms with Crippen molar-refractivity contribution in [2.24, 2.45) is 5.73 Å². The Bertz CT molecular complexity index is 738. The SMILES string of the molecule is CC(c1ccccc1)C(N)c1ccc(OCc2ccccc2)cc1. The Morgan fingerprint density at radius 3 is 1.96 bits per heavy atom. The van der Waals surface area contributed by atoms with Crippen LogP contribution in [-0.4, -0.2) is 0 Å². The van der Waals surface area contributed by atoms with E-state index in [2.05, 4.69) is 55.5 Å². The highest BCUT2D eigenvalue weighted by Crippen LogP contribution is 2.29. The Labute approximate surface area is 143 Å². The Balaban J connectivity index is 1.63. The largest absolute Gasteiger partial charge is 0.489 e. The Morgan fingerprint density at radius 1 is 0.750 bits per heavy atom. The van der Waals surface area contributed by atoms with Crippen molar-refractivity contribution >= 4 is 0 Å².